The molecule has 0 unspecified atom stereocenters. The van der Waals surface area contributed by atoms with Gasteiger partial charge >= 0.3 is 5.97 Å². The van der Waals surface area contributed by atoms with Gasteiger partial charge in [-0.1, -0.05) is 0 Å². The maximum absolute atomic E-state index is 11.2. The molecule has 1 heterocycles. The molecule has 16 heavy (non-hydrogen) atoms. The molecule has 0 aliphatic carbocycles. The molecule has 1 aromatic rings. The minimum atomic E-state index is -0.402. The molecule has 0 atom stereocenters. The van der Waals surface area contributed by atoms with Gasteiger partial charge in [-0.15, -0.1) is 11.3 Å². The summed E-state index contributed by atoms with van der Waals surface area (Å²) < 4.78 is 9.83. The van der Waals surface area contributed by atoms with Crippen LogP contribution in [0.25, 0.3) is 0 Å². The summed E-state index contributed by atoms with van der Waals surface area (Å²) in [6.45, 7) is 4.07. The van der Waals surface area contributed by atoms with Crippen molar-refractivity contribution < 1.29 is 14.3 Å². The third-order valence-corrected chi connectivity index (χ3v) is 2.94. The van der Waals surface area contributed by atoms with Crippen molar-refractivity contribution in [2.24, 2.45) is 0 Å². The van der Waals surface area contributed by atoms with Crippen LogP contribution < -0.4 is 4.90 Å². The molecule has 0 bridgehead atoms. The smallest absolute Gasteiger partial charge is 0.357 e. The highest BCUT2D eigenvalue weighted by Crippen LogP contribution is 2.19. The maximum atomic E-state index is 11.2. The number of carbonyl (C=O) groups excluding carboxylic acids is 1. The highest BCUT2D eigenvalue weighted by atomic mass is 32.1. The number of aromatic nitrogens is 1. The fraction of sp³-hybridized carbons (Fsp3) is 0.600. The highest BCUT2D eigenvalue weighted by Gasteiger charge is 2.12. The Bertz CT molecular complexity index is 341. The van der Waals surface area contributed by atoms with Crippen molar-refractivity contribution >= 4 is 22.4 Å². The molecule has 0 fully saturated rings. The predicted octanol–water partition coefficient (Wildman–Crippen LogP) is 1.40. The van der Waals surface area contributed by atoms with E-state index < -0.39 is 5.97 Å². The van der Waals surface area contributed by atoms with E-state index in [4.69, 9.17) is 4.74 Å². The summed E-state index contributed by atoms with van der Waals surface area (Å²) in [7, 11) is 3.26. The molecule has 0 spiro atoms. The normalized spacial score (nSPS) is 10.2. The van der Waals surface area contributed by atoms with Crippen LogP contribution in [0.4, 0.5) is 5.13 Å². The molecular weight excluding hydrogens is 228 g/mol. The average Bonchev–Trinajstić information content (AvgIpc) is 2.77. The number of esters is 1. The van der Waals surface area contributed by atoms with Crippen LogP contribution in [-0.4, -0.2) is 44.9 Å². The topological polar surface area (TPSA) is 51.7 Å². The third-order valence-electron chi connectivity index (χ3n) is 1.99. The van der Waals surface area contributed by atoms with Crippen LogP contribution in [0, 0.1) is 0 Å². The number of nitrogens with zero attached hydrogens (tertiary/aromatic N) is 2. The van der Waals surface area contributed by atoms with Crippen molar-refractivity contribution in [3.63, 3.8) is 0 Å². The summed E-state index contributed by atoms with van der Waals surface area (Å²) in [4.78, 5) is 17.3. The second kappa shape index (κ2) is 6.44. The van der Waals surface area contributed by atoms with E-state index in [-0.39, 0.29) is 0 Å². The molecule has 1 rings (SSSR count). The lowest BCUT2D eigenvalue weighted by molar-refractivity contribution is 0.0595. The Labute approximate surface area is 99.0 Å². The Hall–Kier alpha value is -1.14. The highest BCUT2D eigenvalue weighted by molar-refractivity contribution is 7.13. The fourth-order valence-electron chi connectivity index (χ4n) is 1.08. The molecule has 0 saturated heterocycles. The van der Waals surface area contributed by atoms with E-state index in [1.54, 1.807) is 5.38 Å². The number of thiazole rings is 1. The van der Waals surface area contributed by atoms with Crippen LogP contribution in [0.1, 0.15) is 17.4 Å². The molecule has 90 valence electrons. The molecule has 0 aliphatic rings. The zero-order chi connectivity index (χ0) is 12.0. The van der Waals surface area contributed by atoms with E-state index in [0.29, 0.717) is 18.9 Å². The summed E-state index contributed by atoms with van der Waals surface area (Å²) in [5.74, 6) is -0.402. The molecule has 0 aliphatic heterocycles. The standard InChI is InChI=1S/C10H16N2O3S/c1-4-15-6-5-12(2)10-11-8(7-16-10)9(13)14-3/h7H,4-6H2,1-3H3. The number of anilines is 1. The molecule has 0 N–H and O–H groups in total. The first-order chi connectivity index (χ1) is 7.69. The molecule has 6 heteroatoms. The van der Waals surface area contributed by atoms with Crippen LogP contribution in [0.3, 0.4) is 0 Å². The van der Waals surface area contributed by atoms with E-state index in [1.165, 1.54) is 18.4 Å². The van der Waals surface area contributed by atoms with Crippen molar-refractivity contribution in [3.05, 3.63) is 11.1 Å². The van der Waals surface area contributed by atoms with E-state index in [1.807, 2.05) is 18.9 Å². The average molecular weight is 244 g/mol. The number of likely N-dealkylation sites (N-methyl/N-ethyl adjacent to an activating group) is 1. The Kier molecular flexibility index (Phi) is 5.21. The lowest BCUT2D eigenvalue weighted by Gasteiger charge is -2.14. The zero-order valence-corrected chi connectivity index (χ0v) is 10.5. The van der Waals surface area contributed by atoms with E-state index in [0.717, 1.165) is 11.7 Å². The molecule has 5 nitrogen and oxygen atoms in total. The van der Waals surface area contributed by atoms with Gasteiger partial charge in [-0.25, -0.2) is 9.78 Å². The minimum absolute atomic E-state index is 0.353. The van der Waals surface area contributed by atoms with Crippen LogP contribution >= 0.6 is 11.3 Å². The Morgan fingerprint density at radius 2 is 2.38 bits per heavy atom. The number of methoxy groups -OCH3 is 1. The Morgan fingerprint density at radius 3 is 3.00 bits per heavy atom. The van der Waals surface area contributed by atoms with Gasteiger partial charge in [0.1, 0.15) is 0 Å². The van der Waals surface area contributed by atoms with Crippen molar-refractivity contribution in [1.29, 1.82) is 0 Å². The molecular formula is C10H16N2O3S. The Balaban J connectivity index is 2.52. The fourth-order valence-corrected chi connectivity index (χ4v) is 1.87. The van der Waals surface area contributed by atoms with Crippen molar-refractivity contribution in [3.8, 4) is 0 Å². The van der Waals surface area contributed by atoms with Gasteiger partial charge in [0.15, 0.2) is 10.8 Å². The summed E-state index contributed by atoms with van der Waals surface area (Å²) >= 11 is 1.42. The van der Waals surface area contributed by atoms with Gasteiger partial charge in [0.2, 0.25) is 0 Å². The molecule has 1 aromatic heterocycles. The SMILES string of the molecule is CCOCCN(C)c1nc(C(=O)OC)cs1. The van der Waals surface area contributed by atoms with Crippen LogP contribution in [0.5, 0.6) is 0 Å². The Morgan fingerprint density at radius 1 is 1.62 bits per heavy atom. The summed E-state index contributed by atoms with van der Waals surface area (Å²) in [6, 6.07) is 0. The molecule has 0 saturated carbocycles. The second-order valence-corrected chi connectivity index (χ2v) is 3.96. The van der Waals surface area contributed by atoms with Gasteiger partial charge in [0.25, 0.3) is 0 Å². The van der Waals surface area contributed by atoms with E-state index in [2.05, 4.69) is 9.72 Å². The summed E-state index contributed by atoms with van der Waals surface area (Å²) in [6.07, 6.45) is 0. The number of hydrogen-bond donors (Lipinski definition) is 0. The first-order valence-electron chi connectivity index (χ1n) is 5.01. The summed E-state index contributed by atoms with van der Waals surface area (Å²) in [5, 5.41) is 2.48. The van der Waals surface area contributed by atoms with E-state index >= 15 is 0 Å². The van der Waals surface area contributed by atoms with Gasteiger partial charge in [-0.2, -0.15) is 0 Å². The van der Waals surface area contributed by atoms with Crippen molar-refractivity contribution in [1.82, 2.24) is 4.98 Å². The van der Waals surface area contributed by atoms with Gasteiger partial charge in [-0.3, -0.25) is 0 Å². The van der Waals surface area contributed by atoms with Crippen molar-refractivity contribution in [2.45, 2.75) is 6.92 Å². The summed E-state index contributed by atoms with van der Waals surface area (Å²) in [5.41, 5.74) is 0.353. The van der Waals surface area contributed by atoms with Gasteiger partial charge in [0, 0.05) is 25.6 Å². The van der Waals surface area contributed by atoms with Crippen LogP contribution in [-0.2, 0) is 9.47 Å². The molecule has 0 radical (unpaired) electrons. The van der Waals surface area contributed by atoms with Gasteiger partial charge < -0.3 is 14.4 Å². The molecule has 0 amide bonds. The largest absolute Gasteiger partial charge is 0.464 e. The quantitative estimate of drug-likeness (QED) is 0.559. The zero-order valence-electron chi connectivity index (χ0n) is 9.73. The minimum Gasteiger partial charge on any atom is -0.464 e. The number of rotatable bonds is 6. The lowest BCUT2D eigenvalue weighted by atomic mass is 10.5. The predicted molar refractivity (Wildman–Crippen MR) is 63.2 cm³/mol. The maximum Gasteiger partial charge on any atom is 0.357 e. The first kappa shape index (κ1) is 12.9. The number of carbonyl (C=O) groups is 1. The van der Waals surface area contributed by atoms with Gasteiger partial charge in [-0.05, 0) is 6.92 Å². The van der Waals surface area contributed by atoms with Crippen LogP contribution in [0.15, 0.2) is 5.38 Å². The van der Waals surface area contributed by atoms with Crippen LogP contribution in [0.2, 0.25) is 0 Å². The van der Waals surface area contributed by atoms with Crippen molar-refractivity contribution in [2.75, 3.05) is 38.8 Å². The number of ether oxygens (including phenoxy) is 2. The number of hydrogen-bond acceptors (Lipinski definition) is 6. The third kappa shape index (κ3) is 3.46. The molecule has 0 aromatic carbocycles. The lowest BCUT2D eigenvalue weighted by Crippen LogP contribution is -2.22. The van der Waals surface area contributed by atoms with Gasteiger partial charge in [0.05, 0.1) is 13.7 Å². The second-order valence-electron chi connectivity index (χ2n) is 3.13. The van der Waals surface area contributed by atoms with E-state index in [9.17, 15) is 4.79 Å². The first-order valence-corrected chi connectivity index (χ1v) is 5.89. The monoisotopic (exact) mass is 244 g/mol.